The number of nitrogens with zero attached hydrogens (tertiary/aromatic N) is 3. The lowest BCUT2D eigenvalue weighted by Crippen LogP contribution is -2.26. The quantitative estimate of drug-likeness (QED) is 0.807. The fourth-order valence-electron chi connectivity index (χ4n) is 1.86. The second kappa shape index (κ2) is 5.45. The van der Waals surface area contributed by atoms with Gasteiger partial charge in [-0.3, -0.25) is 14.5 Å². The molecule has 0 unspecified atom stereocenters. The van der Waals surface area contributed by atoms with Crippen LogP contribution < -0.4 is 0 Å². The number of pyridine rings is 1. The summed E-state index contributed by atoms with van der Waals surface area (Å²) in [5, 5.41) is 4.40. The first-order valence-electron chi connectivity index (χ1n) is 6.52. The molecule has 0 aromatic carbocycles. The third-order valence-electron chi connectivity index (χ3n) is 2.56. The number of ether oxygens (including phenoxy) is 1. The zero-order valence-electron chi connectivity index (χ0n) is 12.3. The first kappa shape index (κ1) is 14.2. The van der Waals surface area contributed by atoms with Crippen LogP contribution in [0.25, 0.3) is 11.4 Å². The zero-order valence-corrected chi connectivity index (χ0v) is 12.3. The molecule has 2 rings (SSSR count). The summed E-state index contributed by atoms with van der Waals surface area (Å²) >= 11 is 0. The first-order chi connectivity index (χ1) is 9.35. The van der Waals surface area contributed by atoms with E-state index < -0.39 is 5.60 Å². The summed E-state index contributed by atoms with van der Waals surface area (Å²) in [6, 6.07) is 5.67. The Hall–Kier alpha value is -2.17. The largest absolute Gasteiger partial charge is 0.459 e. The van der Waals surface area contributed by atoms with Gasteiger partial charge in [0.1, 0.15) is 17.8 Å². The van der Waals surface area contributed by atoms with E-state index in [-0.39, 0.29) is 12.5 Å². The number of aromatic nitrogens is 3. The molecule has 2 heterocycles. The van der Waals surface area contributed by atoms with Gasteiger partial charge >= 0.3 is 5.97 Å². The lowest BCUT2D eigenvalue weighted by molar-refractivity contribution is -0.155. The summed E-state index contributed by atoms with van der Waals surface area (Å²) in [7, 11) is 0. The highest BCUT2D eigenvalue weighted by molar-refractivity contribution is 5.70. The number of aryl methyl sites for hydroxylation is 1. The third kappa shape index (κ3) is 3.66. The van der Waals surface area contributed by atoms with Crippen molar-refractivity contribution in [2.45, 2.75) is 39.8 Å². The number of hydrogen-bond acceptors (Lipinski definition) is 4. The first-order valence-corrected chi connectivity index (χ1v) is 6.52. The van der Waals surface area contributed by atoms with Gasteiger partial charge in [-0.1, -0.05) is 6.07 Å². The molecule has 0 spiro atoms. The van der Waals surface area contributed by atoms with Crippen LogP contribution in [-0.4, -0.2) is 26.3 Å². The molecule has 0 amide bonds. The van der Waals surface area contributed by atoms with E-state index in [4.69, 9.17) is 4.74 Å². The van der Waals surface area contributed by atoms with Crippen LogP contribution in [0.2, 0.25) is 0 Å². The molecular weight excluding hydrogens is 254 g/mol. The Morgan fingerprint density at radius 1 is 1.35 bits per heavy atom. The number of carbonyl (C=O) groups excluding carboxylic acids is 1. The van der Waals surface area contributed by atoms with Gasteiger partial charge in [-0.2, -0.15) is 5.10 Å². The molecule has 0 saturated carbocycles. The number of carbonyl (C=O) groups is 1. The summed E-state index contributed by atoms with van der Waals surface area (Å²) in [5.74, 6) is -0.299. The van der Waals surface area contributed by atoms with Crippen LogP contribution in [0.5, 0.6) is 0 Å². The molecular formula is C15H19N3O2. The highest BCUT2D eigenvalue weighted by Crippen LogP contribution is 2.18. The molecule has 0 bridgehead atoms. The minimum Gasteiger partial charge on any atom is -0.459 e. The summed E-state index contributed by atoms with van der Waals surface area (Å²) in [4.78, 5) is 16.1. The third-order valence-corrected chi connectivity index (χ3v) is 2.56. The van der Waals surface area contributed by atoms with E-state index in [1.807, 2.05) is 52.1 Å². The molecule has 0 aliphatic heterocycles. The van der Waals surface area contributed by atoms with Gasteiger partial charge in [0, 0.05) is 12.4 Å². The lowest BCUT2D eigenvalue weighted by Gasteiger charge is -2.19. The van der Waals surface area contributed by atoms with Gasteiger partial charge in [-0.25, -0.2) is 0 Å². The van der Waals surface area contributed by atoms with E-state index in [0.717, 1.165) is 17.0 Å². The van der Waals surface area contributed by atoms with Crippen LogP contribution in [0.15, 0.2) is 30.6 Å². The zero-order chi connectivity index (χ0) is 14.8. The Bertz CT molecular complexity index is 597. The van der Waals surface area contributed by atoms with Crippen LogP contribution in [0.4, 0.5) is 0 Å². The van der Waals surface area contributed by atoms with E-state index in [9.17, 15) is 4.79 Å². The molecule has 0 fully saturated rings. The minimum absolute atomic E-state index is 0.102. The van der Waals surface area contributed by atoms with Gasteiger partial charge < -0.3 is 4.74 Å². The number of hydrogen-bond donors (Lipinski definition) is 0. The molecule has 0 atom stereocenters. The summed E-state index contributed by atoms with van der Waals surface area (Å²) < 4.78 is 6.87. The Labute approximate surface area is 118 Å². The Morgan fingerprint density at radius 2 is 2.10 bits per heavy atom. The molecule has 106 valence electrons. The number of rotatable bonds is 3. The highest BCUT2D eigenvalue weighted by atomic mass is 16.6. The average Bonchev–Trinajstić information content (AvgIpc) is 2.68. The molecule has 0 saturated heterocycles. The van der Waals surface area contributed by atoms with Gasteiger partial charge in [0.05, 0.1) is 5.69 Å². The van der Waals surface area contributed by atoms with Crippen molar-refractivity contribution in [1.29, 1.82) is 0 Å². The minimum atomic E-state index is -0.483. The predicted molar refractivity (Wildman–Crippen MR) is 76.0 cm³/mol. The molecule has 0 N–H and O–H groups in total. The monoisotopic (exact) mass is 273 g/mol. The number of esters is 1. The second-order valence-corrected chi connectivity index (χ2v) is 5.66. The van der Waals surface area contributed by atoms with Crippen molar-refractivity contribution in [3.8, 4) is 11.4 Å². The van der Waals surface area contributed by atoms with Gasteiger partial charge in [-0.05, 0) is 45.4 Å². The van der Waals surface area contributed by atoms with Crippen molar-refractivity contribution in [3.05, 3.63) is 36.2 Å². The smallest absolute Gasteiger partial charge is 0.328 e. The van der Waals surface area contributed by atoms with Gasteiger partial charge in [0.25, 0.3) is 0 Å². The molecule has 2 aromatic rings. The van der Waals surface area contributed by atoms with Crippen LogP contribution >= 0.6 is 0 Å². The fraction of sp³-hybridized carbons (Fsp3) is 0.400. The molecule has 5 nitrogen and oxygen atoms in total. The van der Waals surface area contributed by atoms with E-state index in [2.05, 4.69) is 10.1 Å². The van der Waals surface area contributed by atoms with E-state index >= 15 is 0 Å². The highest BCUT2D eigenvalue weighted by Gasteiger charge is 2.17. The molecule has 2 aromatic heterocycles. The van der Waals surface area contributed by atoms with Crippen molar-refractivity contribution >= 4 is 5.97 Å². The maximum Gasteiger partial charge on any atom is 0.328 e. The van der Waals surface area contributed by atoms with Crippen molar-refractivity contribution in [1.82, 2.24) is 14.8 Å². The topological polar surface area (TPSA) is 57.0 Å². The fourth-order valence-corrected chi connectivity index (χ4v) is 1.86. The SMILES string of the molecule is Cc1cn(CC(=O)OC(C)(C)C)nc1-c1ccccn1. The van der Waals surface area contributed by atoms with Gasteiger partial charge in [0.2, 0.25) is 0 Å². The van der Waals surface area contributed by atoms with Crippen LogP contribution in [0.3, 0.4) is 0 Å². The van der Waals surface area contributed by atoms with Crippen molar-refractivity contribution in [2.75, 3.05) is 0 Å². The van der Waals surface area contributed by atoms with Crippen LogP contribution in [0, 0.1) is 6.92 Å². The van der Waals surface area contributed by atoms with Crippen molar-refractivity contribution in [2.24, 2.45) is 0 Å². The predicted octanol–water partition coefficient (Wildman–Crippen LogP) is 2.60. The van der Waals surface area contributed by atoms with Crippen molar-refractivity contribution in [3.63, 3.8) is 0 Å². The Kier molecular flexibility index (Phi) is 3.88. The lowest BCUT2D eigenvalue weighted by atomic mass is 10.2. The van der Waals surface area contributed by atoms with E-state index in [0.29, 0.717) is 0 Å². The van der Waals surface area contributed by atoms with E-state index in [1.165, 1.54) is 0 Å². The average molecular weight is 273 g/mol. The normalized spacial score (nSPS) is 11.4. The maximum atomic E-state index is 11.8. The van der Waals surface area contributed by atoms with E-state index in [1.54, 1.807) is 10.9 Å². The molecule has 20 heavy (non-hydrogen) atoms. The summed E-state index contributed by atoms with van der Waals surface area (Å²) in [6.07, 6.45) is 3.55. The molecule has 0 aliphatic rings. The summed E-state index contributed by atoms with van der Waals surface area (Å²) in [6.45, 7) is 7.59. The van der Waals surface area contributed by atoms with Crippen molar-refractivity contribution < 1.29 is 9.53 Å². The Balaban J connectivity index is 2.14. The van der Waals surface area contributed by atoms with Gasteiger partial charge in [0.15, 0.2) is 0 Å². The summed E-state index contributed by atoms with van der Waals surface area (Å²) in [5.41, 5.74) is 2.08. The molecule has 0 radical (unpaired) electrons. The van der Waals surface area contributed by atoms with Gasteiger partial charge in [-0.15, -0.1) is 0 Å². The molecule has 5 heteroatoms. The molecule has 0 aliphatic carbocycles. The van der Waals surface area contributed by atoms with Crippen LogP contribution in [-0.2, 0) is 16.1 Å². The van der Waals surface area contributed by atoms with Crippen LogP contribution in [0.1, 0.15) is 26.3 Å². The maximum absolute atomic E-state index is 11.8. The Morgan fingerprint density at radius 3 is 2.70 bits per heavy atom. The standard InChI is InChI=1S/C15H19N3O2/c1-11-9-18(10-13(19)20-15(2,3)4)17-14(11)12-7-5-6-8-16-12/h5-9H,10H2,1-4H3. The second-order valence-electron chi connectivity index (χ2n) is 5.66.